The topological polar surface area (TPSA) is 42.3 Å². The van der Waals surface area contributed by atoms with Gasteiger partial charge in [0, 0.05) is 23.6 Å². The van der Waals surface area contributed by atoms with Gasteiger partial charge in [-0.25, -0.2) is 0 Å². The fourth-order valence-electron chi connectivity index (χ4n) is 4.76. The molecule has 154 valence electrons. The molecule has 1 saturated carbocycles. The third-order valence-electron chi connectivity index (χ3n) is 6.20. The molecule has 3 aromatic rings. The van der Waals surface area contributed by atoms with Crippen molar-refractivity contribution in [3.63, 3.8) is 0 Å². The number of hydrogen-bond acceptors (Lipinski definition) is 3. The first-order chi connectivity index (χ1) is 14.6. The Morgan fingerprint density at radius 2 is 1.87 bits per heavy atom. The highest BCUT2D eigenvalue weighted by Gasteiger charge is 2.43. The Kier molecular flexibility index (Phi) is 4.74. The number of nitrogens with one attached hydrogen (secondary N) is 1. The Morgan fingerprint density at radius 1 is 1.10 bits per heavy atom. The van der Waals surface area contributed by atoms with E-state index in [2.05, 4.69) is 51.8 Å². The van der Waals surface area contributed by atoms with Crippen LogP contribution in [0.15, 0.2) is 54.7 Å². The van der Waals surface area contributed by atoms with Crippen LogP contribution in [0.25, 0.3) is 0 Å². The van der Waals surface area contributed by atoms with Crippen molar-refractivity contribution in [2.24, 2.45) is 0 Å². The van der Waals surface area contributed by atoms with Crippen molar-refractivity contribution in [1.82, 2.24) is 14.9 Å². The summed E-state index contributed by atoms with van der Waals surface area (Å²) in [7, 11) is 1.70. The Balaban J connectivity index is 1.68. The number of methoxy groups -OCH3 is 1. The number of rotatable bonds is 5. The third kappa shape index (κ3) is 3.06. The summed E-state index contributed by atoms with van der Waals surface area (Å²) in [4.78, 5) is 6.86. The maximum Gasteiger partial charge on any atom is 0.174 e. The van der Waals surface area contributed by atoms with Gasteiger partial charge in [0.05, 0.1) is 30.6 Å². The number of aromatic nitrogens is 2. The molecule has 0 spiro atoms. The predicted molar refractivity (Wildman–Crippen MR) is 123 cm³/mol. The van der Waals surface area contributed by atoms with Crippen molar-refractivity contribution in [2.75, 3.05) is 12.0 Å². The molecular weight excluding hydrogens is 392 g/mol. The minimum Gasteiger partial charge on any atom is -0.495 e. The molecule has 30 heavy (non-hydrogen) atoms. The molecule has 6 heteroatoms. The minimum absolute atomic E-state index is 0.0117. The highest BCUT2D eigenvalue weighted by Crippen LogP contribution is 2.47. The van der Waals surface area contributed by atoms with Gasteiger partial charge in [0.1, 0.15) is 5.75 Å². The number of nitrogens with zero attached hydrogens (tertiary/aromatic N) is 3. The number of benzene rings is 1. The summed E-state index contributed by atoms with van der Waals surface area (Å²) in [5, 5.41) is 4.24. The number of aryl methyl sites for hydroxylation is 1. The van der Waals surface area contributed by atoms with Gasteiger partial charge < -0.3 is 19.5 Å². The summed E-state index contributed by atoms with van der Waals surface area (Å²) in [5.74, 6) is 0.810. The van der Waals surface area contributed by atoms with E-state index in [0.29, 0.717) is 11.2 Å². The highest BCUT2D eigenvalue weighted by molar-refractivity contribution is 7.80. The molecule has 5 rings (SSSR count). The summed E-state index contributed by atoms with van der Waals surface area (Å²) < 4.78 is 8.18. The van der Waals surface area contributed by atoms with Crippen LogP contribution in [0, 0.1) is 13.8 Å². The molecule has 0 amide bonds. The van der Waals surface area contributed by atoms with Gasteiger partial charge in [0.25, 0.3) is 0 Å². The van der Waals surface area contributed by atoms with Gasteiger partial charge >= 0.3 is 0 Å². The lowest BCUT2D eigenvalue weighted by atomic mass is 9.96. The molecule has 2 aromatic heterocycles. The summed E-state index contributed by atoms with van der Waals surface area (Å²) in [6.45, 7) is 4.44. The number of ether oxygens (including phenoxy) is 1. The highest BCUT2D eigenvalue weighted by atomic mass is 32.1. The van der Waals surface area contributed by atoms with Gasteiger partial charge in [-0.1, -0.05) is 18.2 Å². The van der Waals surface area contributed by atoms with Crippen LogP contribution in [-0.4, -0.2) is 21.8 Å². The second-order valence-electron chi connectivity index (χ2n) is 8.10. The summed E-state index contributed by atoms with van der Waals surface area (Å²) in [5.41, 5.74) is 5.86. The van der Waals surface area contributed by atoms with Crippen molar-refractivity contribution in [3.8, 4) is 5.75 Å². The Labute approximate surface area is 182 Å². The van der Waals surface area contributed by atoms with E-state index in [0.717, 1.165) is 17.1 Å². The zero-order chi connectivity index (χ0) is 20.8. The Bertz CT molecular complexity index is 1090. The van der Waals surface area contributed by atoms with Gasteiger partial charge in [0.15, 0.2) is 5.11 Å². The average molecular weight is 419 g/mol. The van der Waals surface area contributed by atoms with Crippen LogP contribution in [0.4, 0.5) is 5.69 Å². The number of pyridine rings is 1. The first-order valence-corrected chi connectivity index (χ1v) is 10.8. The first kappa shape index (κ1) is 19.1. The average Bonchev–Trinajstić information content (AvgIpc) is 3.48. The van der Waals surface area contributed by atoms with Crippen molar-refractivity contribution < 1.29 is 4.74 Å². The van der Waals surface area contributed by atoms with E-state index in [9.17, 15) is 0 Å². The van der Waals surface area contributed by atoms with Crippen molar-refractivity contribution >= 4 is 23.0 Å². The zero-order valence-corrected chi connectivity index (χ0v) is 18.3. The van der Waals surface area contributed by atoms with Crippen LogP contribution in [0.1, 0.15) is 53.6 Å². The van der Waals surface area contributed by atoms with Gasteiger partial charge in [-0.3, -0.25) is 4.98 Å². The Morgan fingerprint density at radius 3 is 2.57 bits per heavy atom. The molecule has 5 nitrogen and oxygen atoms in total. The Hall–Kier alpha value is -2.86. The molecule has 0 unspecified atom stereocenters. The fraction of sp³-hybridized carbons (Fsp3) is 0.333. The van der Waals surface area contributed by atoms with Crippen LogP contribution in [0.2, 0.25) is 0 Å². The zero-order valence-electron chi connectivity index (χ0n) is 17.5. The molecule has 0 radical (unpaired) electrons. The lowest BCUT2D eigenvalue weighted by Gasteiger charge is -2.29. The van der Waals surface area contributed by atoms with E-state index in [4.69, 9.17) is 17.0 Å². The molecule has 1 aromatic carbocycles. The lowest BCUT2D eigenvalue weighted by Crippen LogP contribution is -2.30. The van der Waals surface area contributed by atoms with Crippen LogP contribution in [-0.2, 0) is 0 Å². The van der Waals surface area contributed by atoms with Gasteiger partial charge in [-0.2, -0.15) is 0 Å². The second kappa shape index (κ2) is 7.43. The van der Waals surface area contributed by atoms with Gasteiger partial charge in [-0.15, -0.1) is 0 Å². The molecule has 1 aliphatic heterocycles. The van der Waals surface area contributed by atoms with E-state index >= 15 is 0 Å². The maximum atomic E-state index is 5.86. The molecule has 1 saturated heterocycles. The number of hydrogen-bond donors (Lipinski definition) is 1. The molecule has 0 bridgehead atoms. The van der Waals surface area contributed by atoms with Crippen LogP contribution in [0.3, 0.4) is 0 Å². The van der Waals surface area contributed by atoms with Crippen LogP contribution < -0.4 is 15.0 Å². The normalized spacial score (nSPS) is 21.0. The maximum absolute atomic E-state index is 5.86. The van der Waals surface area contributed by atoms with E-state index in [1.807, 2.05) is 36.5 Å². The van der Waals surface area contributed by atoms with Crippen molar-refractivity contribution in [3.05, 3.63) is 77.4 Å². The summed E-state index contributed by atoms with van der Waals surface area (Å²) in [6.07, 6.45) is 4.37. The predicted octanol–water partition coefficient (Wildman–Crippen LogP) is 5.02. The van der Waals surface area contributed by atoms with Crippen LogP contribution in [0.5, 0.6) is 5.75 Å². The van der Waals surface area contributed by atoms with E-state index in [-0.39, 0.29) is 12.1 Å². The van der Waals surface area contributed by atoms with Crippen molar-refractivity contribution in [1.29, 1.82) is 0 Å². The number of thiocarbonyl (C=S) groups is 1. The molecule has 1 N–H and O–H groups in total. The monoisotopic (exact) mass is 418 g/mol. The fourth-order valence-corrected chi connectivity index (χ4v) is 5.09. The van der Waals surface area contributed by atoms with Gasteiger partial charge in [0.2, 0.25) is 0 Å². The van der Waals surface area contributed by atoms with E-state index in [1.165, 1.54) is 29.8 Å². The SMILES string of the molecule is COc1ccccc1N1C(=S)N[C@@H](c2ccccn2)[C@@H]1c1cc(C)n(C2CC2)c1C. The van der Waals surface area contributed by atoms with Crippen LogP contribution >= 0.6 is 12.2 Å². The standard InChI is InChI=1S/C24H26N4OS/c1-15-14-18(16(2)27(15)17-11-12-17)23-22(19-8-6-7-13-25-19)26-24(30)28(23)20-9-4-5-10-21(20)29-3/h4-10,13-14,17,22-23H,11-12H2,1-3H3,(H,26,30)/t22-,23-/m0/s1. The molecule has 3 heterocycles. The van der Waals surface area contributed by atoms with Crippen molar-refractivity contribution in [2.45, 2.75) is 44.8 Å². The molecule has 1 aliphatic carbocycles. The van der Waals surface area contributed by atoms with Gasteiger partial charge in [-0.05, 0) is 74.8 Å². The quantitative estimate of drug-likeness (QED) is 0.589. The largest absolute Gasteiger partial charge is 0.495 e. The summed E-state index contributed by atoms with van der Waals surface area (Å²) in [6, 6.07) is 17.0. The molecular formula is C24H26N4OS. The van der Waals surface area contributed by atoms with E-state index < -0.39 is 0 Å². The third-order valence-corrected chi connectivity index (χ3v) is 6.51. The first-order valence-electron chi connectivity index (χ1n) is 10.4. The second-order valence-corrected chi connectivity index (χ2v) is 8.48. The molecule has 2 aliphatic rings. The van der Waals surface area contributed by atoms with E-state index in [1.54, 1.807) is 7.11 Å². The smallest absolute Gasteiger partial charge is 0.174 e. The summed E-state index contributed by atoms with van der Waals surface area (Å²) >= 11 is 5.86. The minimum atomic E-state index is -0.0447. The number of para-hydroxylation sites is 2. The lowest BCUT2D eigenvalue weighted by molar-refractivity contribution is 0.414. The molecule has 2 atom stereocenters. The molecule has 2 fully saturated rings. The number of anilines is 1.